The number of esters is 1. The van der Waals surface area contributed by atoms with E-state index in [2.05, 4.69) is 4.74 Å². The average Bonchev–Trinajstić information content (AvgIpc) is 2.49. The number of carboxylic acids is 2. The zero-order valence-electron chi connectivity index (χ0n) is 12.2. The number of carbonyl (C=O) groups excluding carboxylic acids is 2. The quantitative estimate of drug-likeness (QED) is 0.139. The average molecular weight is 354 g/mol. The molecule has 0 saturated heterocycles. The molecular formula is C12H18O12. The first kappa shape index (κ1) is 21.9. The van der Waals surface area contributed by atoms with E-state index in [0.29, 0.717) is 0 Å². The molecule has 0 aliphatic rings. The van der Waals surface area contributed by atoms with Crippen molar-refractivity contribution in [2.24, 2.45) is 0 Å². The highest BCUT2D eigenvalue weighted by molar-refractivity contribution is 5.88. The predicted octanol–water partition coefficient (Wildman–Crippen LogP) is -4.15. The summed E-state index contributed by atoms with van der Waals surface area (Å²) >= 11 is 0. The van der Waals surface area contributed by atoms with Crippen molar-refractivity contribution in [1.29, 1.82) is 0 Å². The Hall–Kier alpha value is -2.12. The van der Waals surface area contributed by atoms with Crippen LogP contribution in [0.15, 0.2) is 0 Å². The van der Waals surface area contributed by atoms with E-state index in [4.69, 9.17) is 15.3 Å². The highest BCUT2D eigenvalue weighted by atomic mass is 16.5. The Kier molecular flexibility index (Phi) is 8.43. The third-order valence-electron chi connectivity index (χ3n) is 2.93. The van der Waals surface area contributed by atoms with Gasteiger partial charge in [0.25, 0.3) is 0 Å². The second-order valence-corrected chi connectivity index (χ2v) is 4.94. The van der Waals surface area contributed by atoms with Gasteiger partial charge in [0.15, 0.2) is 11.9 Å². The summed E-state index contributed by atoms with van der Waals surface area (Å²) in [4.78, 5) is 43.0. The van der Waals surface area contributed by atoms with Gasteiger partial charge in [0.1, 0.15) is 31.0 Å². The van der Waals surface area contributed by atoms with Crippen LogP contribution in [0.2, 0.25) is 0 Å². The fourth-order valence-corrected chi connectivity index (χ4v) is 1.54. The standard InChI is InChI=1S/C12H18O12/c13-3-5(14)9(19)10(20)6(15)4-24-8(18)2-12(23,11(21)22)1-7(16)17/h3,5-6,9-10,14-15,19-20,23H,1-2,4H2,(H,16,17)(H,21,22)/t5-,6+,9+,10+,12?/m0/s1. The molecule has 0 aliphatic carbocycles. The number of rotatable bonds is 11. The lowest BCUT2D eigenvalue weighted by Gasteiger charge is -2.24. The van der Waals surface area contributed by atoms with E-state index in [0.717, 1.165) is 0 Å². The van der Waals surface area contributed by atoms with Crippen molar-refractivity contribution < 1.29 is 59.7 Å². The molecule has 0 aromatic heterocycles. The first-order chi connectivity index (χ1) is 10.9. The molecule has 24 heavy (non-hydrogen) atoms. The SMILES string of the molecule is O=C[C@H](O)[C@@H](O)[C@H](O)[C@H](O)COC(=O)CC(O)(CC(=O)O)C(=O)O. The first-order valence-electron chi connectivity index (χ1n) is 6.45. The van der Waals surface area contributed by atoms with Crippen LogP contribution in [0.1, 0.15) is 12.8 Å². The number of carboxylic acid groups (broad SMARTS) is 2. The molecular weight excluding hydrogens is 336 g/mol. The molecule has 0 radical (unpaired) electrons. The van der Waals surface area contributed by atoms with Crippen molar-refractivity contribution in [2.75, 3.05) is 6.61 Å². The fourth-order valence-electron chi connectivity index (χ4n) is 1.54. The van der Waals surface area contributed by atoms with Gasteiger partial charge in [-0.2, -0.15) is 0 Å². The van der Waals surface area contributed by atoms with Gasteiger partial charge in [-0.25, -0.2) is 4.79 Å². The van der Waals surface area contributed by atoms with Crippen molar-refractivity contribution >= 4 is 24.2 Å². The molecule has 0 spiro atoms. The minimum Gasteiger partial charge on any atom is -0.481 e. The van der Waals surface area contributed by atoms with Gasteiger partial charge in [-0.3, -0.25) is 9.59 Å². The van der Waals surface area contributed by atoms with Crippen molar-refractivity contribution in [2.45, 2.75) is 42.9 Å². The minimum absolute atomic E-state index is 0.106. The number of carbonyl (C=O) groups is 4. The van der Waals surface area contributed by atoms with Crippen LogP contribution in [-0.4, -0.2) is 96.6 Å². The van der Waals surface area contributed by atoms with Crippen LogP contribution in [0.5, 0.6) is 0 Å². The van der Waals surface area contributed by atoms with Crippen molar-refractivity contribution in [1.82, 2.24) is 0 Å². The number of aliphatic hydroxyl groups excluding tert-OH is 4. The second kappa shape index (κ2) is 9.24. The van der Waals surface area contributed by atoms with Gasteiger partial charge in [-0.05, 0) is 0 Å². The van der Waals surface area contributed by atoms with Crippen LogP contribution in [0, 0.1) is 0 Å². The van der Waals surface area contributed by atoms with Gasteiger partial charge in [0.2, 0.25) is 0 Å². The Morgan fingerprint density at radius 1 is 1.00 bits per heavy atom. The molecule has 0 rings (SSSR count). The van der Waals surface area contributed by atoms with Crippen molar-refractivity contribution in [3.63, 3.8) is 0 Å². The molecule has 0 aromatic carbocycles. The summed E-state index contributed by atoms with van der Waals surface area (Å²) in [5.41, 5.74) is -2.93. The third kappa shape index (κ3) is 6.55. The van der Waals surface area contributed by atoms with Gasteiger partial charge < -0.3 is 45.3 Å². The number of hydrogen-bond acceptors (Lipinski definition) is 10. The highest BCUT2D eigenvalue weighted by Crippen LogP contribution is 2.17. The molecule has 0 bridgehead atoms. The van der Waals surface area contributed by atoms with Gasteiger partial charge >= 0.3 is 17.9 Å². The van der Waals surface area contributed by atoms with E-state index in [9.17, 15) is 39.6 Å². The Bertz CT molecular complexity index is 477. The monoisotopic (exact) mass is 354 g/mol. The third-order valence-corrected chi connectivity index (χ3v) is 2.93. The van der Waals surface area contributed by atoms with Crippen LogP contribution in [-0.2, 0) is 23.9 Å². The molecule has 12 nitrogen and oxygen atoms in total. The predicted molar refractivity (Wildman–Crippen MR) is 70.5 cm³/mol. The molecule has 0 fully saturated rings. The molecule has 12 heteroatoms. The van der Waals surface area contributed by atoms with E-state index >= 15 is 0 Å². The maximum Gasteiger partial charge on any atom is 0.336 e. The molecule has 138 valence electrons. The van der Waals surface area contributed by atoms with E-state index in [-0.39, 0.29) is 6.29 Å². The smallest absolute Gasteiger partial charge is 0.336 e. The Balaban J connectivity index is 4.64. The van der Waals surface area contributed by atoms with Gasteiger partial charge in [-0.1, -0.05) is 0 Å². The fraction of sp³-hybridized carbons (Fsp3) is 0.667. The minimum atomic E-state index is -2.93. The van der Waals surface area contributed by atoms with E-state index in [1.54, 1.807) is 0 Å². The van der Waals surface area contributed by atoms with E-state index < -0.39 is 67.4 Å². The zero-order chi connectivity index (χ0) is 19.1. The first-order valence-corrected chi connectivity index (χ1v) is 6.45. The van der Waals surface area contributed by atoms with Gasteiger partial charge in [0.05, 0.1) is 12.8 Å². The van der Waals surface area contributed by atoms with E-state index in [1.807, 2.05) is 0 Å². The largest absolute Gasteiger partial charge is 0.481 e. The molecule has 1 unspecified atom stereocenters. The molecule has 0 amide bonds. The number of ether oxygens (including phenoxy) is 1. The topological polar surface area (TPSA) is 219 Å². The number of aliphatic carboxylic acids is 2. The summed E-state index contributed by atoms with van der Waals surface area (Å²) in [5.74, 6) is -5.07. The summed E-state index contributed by atoms with van der Waals surface area (Å²) in [6.45, 7) is -0.981. The Morgan fingerprint density at radius 2 is 1.54 bits per heavy atom. The van der Waals surface area contributed by atoms with Crippen LogP contribution in [0.3, 0.4) is 0 Å². The summed E-state index contributed by atoms with van der Waals surface area (Å²) in [6, 6.07) is 0. The molecule has 5 atom stereocenters. The zero-order valence-corrected chi connectivity index (χ0v) is 12.2. The van der Waals surface area contributed by atoms with Crippen LogP contribution < -0.4 is 0 Å². The molecule has 0 aliphatic heterocycles. The molecule has 7 N–H and O–H groups in total. The normalized spacial score (nSPS) is 18.5. The van der Waals surface area contributed by atoms with E-state index in [1.165, 1.54) is 0 Å². The molecule has 0 saturated carbocycles. The van der Waals surface area contributed by atoms with Crippen molar-refractivity contribution in [3.05, 3.63) is 0 Å². The lowest BCUT2D eigenvalue weighted by molar-refractivity contribution is -0.174. The lowest BCUT2D eigenvalue weighted by Crippen LogP contribution is -2.47. The summed E-state index contributed by atoms with van der Waals surface area (Å²) < 4.78 is 4.37. The van der Waals surface area contributed by atoms with Crippen LogP contribution >= 0.6 is 0 Å². The van der Waals surface area contributed by atoms with Gasteiger partial charge in [-0.15, -0.1) is 0 Å². The second-order valence-electron chi connectivity index (χ2n) is 4.94. The Morgan fingerprint density at radius 3 is 1.96 bits per heavy atom. The lowest BCUT2D eigenvalue weighted by atomic mass is 9.96. The molecule has 0 heterocycles. The summed E-state index contributed by atoms with van der Waals surface area (Å²) in [7, 11) is 0. The van der Waals surface area contributed by atoms with Crippen molar-refractivity contribution in [3.8, 4) is 0 Å². The number of hydrogen-bond donors (Lipinski definition) is 7. The summed E-state index contributed by atoms with van der Waals surface area (Å²) in [5, 5.41) is 63.9. The van der Waals surface area contributed by atoms with Gasteiger partial charge in [0, 0.05) is 0 Å². The molecule has 0 aromatic rings. The summed E-state index contributed by atoms with van der Waals surface area (Å²) in [6.07, 6.45) is -10.7. The number of aldehydes is 1. The highest BCUT2D eigenvalue weighted by Gasteiger charge is 2.41. The Labute approximate surface area is 134 Å². The maximum atomic E-state index is 11.4. The van der Waals surface area contributed by atoms with Crippen LogP contribution in [0.4, 0.5) is 0 Å². The maximum absolute atomic E-state index is 11.4. The van der Waals surface area contributed by atoms with Crippen LogP contribution in [0.25, 0.3) is 0 Å². The number of aliphatic hydroxyl groups is 5.